The highest BCUT2D eigenvalue weighted by Gasteiger charge is 2.28. The largest absolute Gasteiger partial charge is 0.331 e. The van der Waals surface area contributed by atoms with E-state index in [0.29, 0.717) is 6.54 Å². The molecule has 5 heteroatoms. The summed E-state index contributed by atoms with van der Waals surface area (Å²) in [6.45, 7) is 4.67. The van der Waals surface area contributed by atoms with Crippen LogP contribution in [0.25, 0.3) is 10.8 Å². The Morgan fingerprint density at radius 1 is 1.13 bits per heavy atom. The van der Waals surface area contributed by atoms with E-state index in [0.717, 1.165) is 37.1 Å². The summed E-state index contributed by atoms with van der Waals surface area (Å²) in [7, 11) is 2.14. The molecule has 0 aliphatic carbocycles. The van der Waals surface area contributed by atoms with Gasteiger partial charge < -0.3 is 15.1 Å². The number of hydrogen-bond donors (Lipinski definition) is 1. The molecule has 2 amide bonds. The number of benzene rings is 2. The Morgan fingerprint density at radius 3 is 2.67 bits per heavy atom. The summed E-state index contributed by atoms with van der Waals surface area (Å²) in [5.41, 5.74) is 2.20. The summed E-state index contributed by atoms with van der Waals surface area (Å²) in [5, 5.41) is 5.65. The highest BCUT2D eigenvalue weighted by Crippen LogP contribution is 2.25. The van der Waals surface area contributed by atoms with Gasteiger partial charge in [0.05, 0.1) is 6.04 Å². The van der Waals surface area contributed by atoms with E-state index in [-0.39, 0.29) is 18.1 Å². The lowest BCUT2D eigenvalue weighted by atomic mass is 9.99. The smallest absolute Gasteiger partial charge is 0.318 e. The van der Waals surface area contributed by atoms with Crippen LogP contribution < -0.4 is 5.32 Å². The van der Waals surface area contributed by atoms with Crippen LogP contribution in [0.15, 0.2) is 67.0 Å². The topological polar surface area (TPSA) is 48.5 Å². The molecule has 3 aromatic rings. The normalized spacial score (nSPS) is 16.3. The monoisotopic (exact) mass is 402 g/mol. The second-order valence-corrected chi connectivity index (χ2v) is 8.26. The molecule has 4 rings (SSSR count). The van der Waals surface area contributed by atoms with Gasteiger partial charge in [-0.15, -0.1) is 0 Å². The van der Waals surface area contributed by atoms with E-state index in [9.17, 15) is 4.79 Å². The second-order valence-electron chi connectivity index (χ2n) is 8.26. The van der Waals surface area contributed by atoms with Gasteiger partial charge >= 0.3 is 6.03 Å². The highest BCUT2D eigenvalue weighted by atomic mass is 16.2. The summed E-state index contributed by atoms with van der Waals surface area (Å²) in [6.07, 6.45) is 5.61. The lowest BCUT2D eigenvalue weighted by Gasteiger charge is -2.38. The average Bonchev–Trinajstić information content (AvgIpc) is 2.78. The number of nitrogens with zero attached hydrogens (tertiary/aromatic N) is 3. The maximum atomic E-state index is 13.4. The molecule has 1 N–H and O–H groups in total. The van der Waals surface area contributed by atoms with E-state index in [4.69, 9.17) is 0 Å². The maximum Gasteiger partial charge on any atom is 0.318 e. The number of pyridine rings is 1. The summed E-state index contributed by atoms with van der Waals surface area (Å²) in [5.74, 6) is 0. The third-order valence-corrected chi connectivity index (χ3v) is 6.10. The number of hydrogen-bond acceptors (Lipinski definition) is 3. The van der Waals surface area contributed by atoms with Gasteiger partial charge in [0.1, 0.15) is 0 Å². The van der Waals surface area contributed by atoms with Gasteiger partial charge in [0.25, 0.3) is 0 Å². The van der Waals surface area contributed by atoms with Gasteiger partial charge in [-0.25, -0.2) is 4.79 Å². The van der Waals surface area contributed by atoms with Crippen molar-refractivity contribution in [2.75, 3.05) is 20.1 Å². The standard InChI is InChI=1S/C25H30N4O/c1-19(23-11-5-9-21-8-3-4-10-24(21)23)27-25(30)29(18-20-7-6-14-26-17-20)22-12-15-28(2)16-13-22/h3-11,14,17,19,22H,12-13,15-16,18H2,1-2H3,(H,27,30)/t19-/m1/s1. The minimum absolute atomic E-state index is 0.00570. The minimum atomic E-state index is -0.0775. The Bertz CT molecular complexity index is 977. The zero-order valence-electron chi connectivity index (χ0n) is 17.8. The quantitative estimate of drug-likeness (QED) is 0.678. The number of piperidine rings is 1. The highest BCUT2D eigenvalue weighted by molar-refractivity contribution is 5.86. The Labute approximate surface area is 178 Å². The molecule has 1 aromatic heterocycles. The predicted molar refractivity (Wildman–Crippen MR) is 121 cm³/mol. The molecular formula is C25H30N4O. The third kappa shape index (κ3) is 4.62. The molecule has 1 fully saturated rings. The van der Waals surface area contributed by atoms with Crippen LogP contribution >= 0.6 is 0 Å². The Morgan fingerprint density at radius 2 is 1.90 bits per heavy atom. The van der Waals surface area contributed by atoms with Gasteiger partial charge in [-0.1, -0.05) is 48.5 Å². The molecule has 0 unspecified atom stereocenters. The van der Waals surface area contributed by atoms with E-state index >= 15 is 0 Å². The predicted octanol–water partition coefficient (Wildman–Crippen LogP) is 4.60. The average molecular weight is 403 g/mol. The maximum absolute atomic E-state index is 13.4. The van der Waals surface area contributed by atoms with Crippen LogP contribution in [0, 0.1) is 0 Å². The van der Waals surface area contributed by atoms with Gasteiger partial charge in [0, 0.05) is 25.0 Å². The molecule has 0 saturated carbocycles. The zero-order valence-corrected chi connectivity index (χ0v) is 17.8. The van der Waals surface area contributed by atoms with Crippen molar-refractivity contribution in [1.82, 2.24) is 20.1 Å². The minimum Gasteiger partial charge on any atom is -0.331 e. The number of carbonyl (C=O) groups excluding carboxylic acids is 1. The number of likely N-dealkylation sites (tertiary alicyclic amines) is 1. The van der Waals surface area contributed by atoms with Crippen LogP contribution in [-0.4, -0.2) is 47.0 Å². The first-order chi connectivity index (χ1) is 14.6. The Kier molecular flexibility index (Phi) is 6.29. The van der Waals surface area contributed by atoms with Crippen molar-refractivity contribution in [2.24, 2.45) is 0 Å². The molecule has 1 aliphatic heterocycles. The van der Waals surface area contributed by atoms with Crippen molar-refractivity contribution in [3.63, 3.8) is 0 Å². The van der Waals surface area contributed by atoms with Gasteiger partial charge in [0.15, 0.2) is 0 Å². The fourth-order valence-electron chi connectivity index (χ4n) is 4.34. The molecule has 30 heavy (non-hydrogen) atoms. The number of rotatable bonds is 5. The van der Waals surface area contributed by atoms with Gasteiger partial charge in [0.2, 0.25) is 0 Å². The van der Waals surface area contributed by atoms with Crippen LogP contribution in [0.2, 0.25) is 0 Å². The fraction of sp³-hybridized carbons (Fsp3) is 0.360. The first kappa shape index (κ1) is 20.4. The molecule has 1 atom stereocenters. The fourth-order valence-corrected chi connectivity index (χ4v) is 4.34. The number of carbonyl (C=O) groups is 1. The van der Waals surface area contributed by atoms with Crippen LogP contribution in [0.4, 0.5) is 4.79 Å². The number of urea groups is 1. The van der Waals surface area contributed by atoms with E-state index in [1.807, 2.05) is 35.4 Å². The van der Waals surface area contributed by atoms with Gasteiger partial charge in [-0.3, -0.25) is 4.98 Å². The number of nitrogens with one attached hydrogen (secondary N) is 1. The SMILES string of the molecule is C[C@@H](NC(=O)N(Cc1cccnc1)C1CCN(C)CC1)c1cccc2ccccc12. The van der Waals surface area contributed by atoms with E-state index in [2.05, 4.69) is 59.5 Å². The van der Waals surface area contributed by atoms with Crippen molar-refractivity contribution >= 4 is 16.8 Å². The first-order valence-electron chi connectivity index (χ1n) is 10.7. The Balaban J connectivity index is 1.54. The summed E-state index contributed by atoms with van der Waals surface area (Å²) < 4.78 is 0. The second kappa shape index (κ2) is 9.26. The molecule has 0 bridgehead atoms. The van der Waals surface area contributed by atoms with Gasteiger partial charge in [-0.2, -0.15) is 0 Å². The van der Waals surface area contributed by atoms with Crippen molar-refractivity contribution in [3.05, 3.63) is 78.1 Å². The van der Waals surface area contributed by atoms with Crippen molar-refractivity contribution in [2.45, 2.75) is 38.4 Å². The van der Waals surface area contributed by atoms with Crippen LogP contribution in [0.5, 0.6) is 0 Å². The summed E-state index contributed by atoms with van der Waals surface area (Å²) in [4.78, 5) is 22.0. The molecule has 5 nitrogen and oxygen atoms in total. The van der Waals surface area contributed by atoms with E-state index < -0.39 is 0 Å². The van der Waals surface area contributed by atoms with Crippen LogP contribution in [0.1, 0.15) is 36.9 Å². The van der Waals surface area contributed by atoms with E-state index in [1.54, 1.807) is 6.20 Å². The summed E-state index contributed by atoms with van der Waals surface area (Å²) in [6, 6.07) is 18.7. The molecule has 1 aliphatic rings. The molecular weight excluding hydrogens is 372 g/mol. The van der Waals surface area contributed by atoms with E-state index in [1.165, 1.54) is 10.8 Å². The van der Waals surface area contributed by atoms with Crippen LogP contribution in [0.3, 0.4) is 0 Å². The van der Waals surface area contributed by atoms with Gasteiger partial charge in [-0.05, 0) is 67.9 Å². The lowest BCUT2D eigenvalue weighted by Crippen LogP contribution is -2.50. The summed E-state index contributed by atoms with van der Waals surface area (Å²) >= 11 is 0. The molecule has 156 valence electrons. The Hall–Kier alpha value is -2.92. The molecule has 0 spiro atoms. The molecule has 2 aromatic carbocycles. The number of fused-ring (bicyclic) bond motifs is 1. The molecule has 0 radical (unpaired) electrons. The first-order valence-corrected chi connectivity index (χ1v) is 10.7. The lowest BCUT2D eigenvalue weighted by molar-refractivity contribution is 0.125. The number of amides is 2. The van der Waals surface area contributed by atoms with Crippen molar-refractivity contribution in [1.29, 1.82) is 0 Å². The molecule has 2 heterocycles. The molecule has 1 saturated heterocycles. The van der Waals surface area contributed by atoms with Crippen molar-refractivity contribution < 1.29 is 4.79 Å². The third-order valence-electron chi connectivity index (χ3n) is 6.10. The zero-order chi connectivity index (χ0) is 20.9. The van der Waals surface area contributed by atoms with Crippen LogP contribution in [-0.2, 0) is 6.54 Å². The number of aromatic nitrogens is 1. The van der Waals surface area contributed by atoms with Crippen molar-refractivity contribution in [3.8, 4) is 0 Å².